The van der Waals surface area contributed by atoms with Crippen LogP contribution in [0.1, 0.15) is 9.67 Å². The topological polar surface area (TPSA) is 75.7 Å². The second-order valence-electron chi connectivity index (χ2n) is 5.66. The van der Waals surface area contributed by atoms with Crippen molar-refractivity contribution < 1.29 is 31.1 Å². The zero-order valence-corrected chi connectivity index (χ0v) is 16.7. The lowest BCUT2D eigenvalue weighted by atomic mass is 10.3. The van der Waals surface area contributed by atoms with Gasteiger partial charge in [-0.2, -0.15) is 16.1 Å². The smallest absolute Gasteiger partial charge is 0.406 e. The molecule has 1 N–H and O–H groups in total. The number of amides is 1. The average molecular weight is 453 g/mol. The first kappa shape index (κ1) is 21.0. The van der Waals surface area contributed by atoms with Crippen LogP contribution in [-0.2, 0) is 10.0 Å². The molecule has 0 bridgehead atoms. The van der Waals surface area contributed by atoms with Crippen LogP contribution >= 0.6 is 23.1 Å². The Labute approximate surface area is 167 Å². The number of rotatable bonds is 5. The van der Waals surface area contributed by atoms with E-state index in [1.165, 1.54) is 27.9 Å². The molecule has 0 aliphatic carbocycles. The van der Waals surface area contributed by atoms with Crippen LogP contribution in [0.4, 0.5) is 18.9 Å². The van der Waals surface area contributed by atoms with Crippen molar-refractivity contribution in [2.75, 3.05) is 29.9 Å². The van der Waals surface area contributed by atoms with Crippen LogP contribution in [0.5, 0.6) is 5.75 Å². The maximum Gasteiger partial charge on any atom is 0.573 e. The monoisotopic (exact) mass is 452 g/mol. The first-order valence-electron chi connectivity index (χ1n) is 7.99. The van der Waals surface area contributed by atoms with E-state index in [2.05, 4.69) is 10.1 Å². The first-order chi connectivity index (χ1) is 13.2. The second-order valence-corrected chi connectivity index (χ2v) is 9.70. The molecule has 1 aromatic heterocycles. The Balaban J connectivity index is 1.75. The fourth-order valence-corrected chi connectivity index (χ4v) is 6.39. The third-order valence-electron chi connectivity index (χ3n) is 3.77. The molecule has 0 spiro atoms. The number of benzene rings is 1. The third kappa shape index (κ3) is 4.99. The van der Waals surface area contributed by atoms with Crippen molar-refractivity contribution in [3.8, 4) is 5.75 Å². The molecule has 0 unspecified atom stereocenters. The van der Waals surface area contributed by atoms with Gasteiger partial charge in [0.15, 0.2) is 0 Å². The minimum atomic E-state index is -4.81. The quantitative estimate of drug-likeness (QED) is 0.750. The minimum Gasteiger partial charge on any atom is -0.406 e. The molecule has 152 valence electrons. The van der Waals surface area contributed by atoms with Crippen molar-refractivity contribution in [1.82, 2.24) is 4.31 Å². The molecule has 1 aromatic carbocycles. The zero-order chi connectivity index (χ0) is 20.4. The summed E-state index contributed by atoms with van der Waals surface area (Å²) in [4.78, 5) is 12.5. The van der Waals surface area contributed by atoms with E-state index in [9.17, 15) is 26.4 Å². The van der Waals surface area contributed by atoms with Crippen molar-refractivity contribution in [2.24, 2.45) is 0 Å². The summed E-state index contributed by atoms with van der Waals surface area (Å²) < 4.78 is 67.4. The number of hydrogen-bond acceptors (Lipinski definition) is 6. The minimum absolute atomic E-state index is 0.0221. The van der Waals surface area contributed by atoms with E-state index >= 15 is 0 Å². The van der Waals surface area contributed by atoms with Gasteiger partial charge >= 0.3 is 6.36 Å². The van der Waals surface area contributed by atoms with E-state index in [0.717, 1.165) is 23.5 Å². The van der Waals surface area contributed by atoms with Crippen molar-refractivity contribution in [2.45, 2.75) is 11.3 Å². The Morgan fingerprint density at radius 1 is 1.11 bits per heavy atom. The predicted molar refractivity (Wildman–Crippen MR) is 101 cm³/mol. The van der Waals surface area contributed by atoms with Crippen LogP contribution in [0.2, 0.25) is 0 Å². The summed E-state index contributed by atoms with van der Waals surface area (Å²) in [6, 6.07) is 5.98. The van der Waals surface area contributed by atoms with Gasteiger partial charge in [-0.05, 0) is 35.7 Å². The highest BCUT2D eigenvalue weighted by Gasteiger charge is 2.32. The molecule has 1 fully saturated rings. The Kier molecular flexibility index (Phi) is 6.22. The predicted octanol–water partition coefficient (Wildman–Crippen LogP) is 3.64. The molecule has 6 nitrogen and oxygen atoms in total. The van der Waals surface area contributed by atoms with Crippen molar-refractivity contribution in [1.29, 1.82) is 0 Å². The first-order valence-corrected chi connectivity index (χ1v) is 11.5. The molecule has 2 heterocycles. The third-order valence-corrected chi connectivity index (χ3v) is 7.69. The van der Waals surface area contributed by atoms with Gasteiger partial charge in [-0.25, -0.2) is 8.42 Å². The molecule has 3 rings (SSSR count). The van der Waals surface area contributed by atoms with Gasteiger partial charge in [-0.1, -0.05) is 0 Å². The molecule has 2 aromatic rings. The highest BCUT2D eigenvalue weighted by atomic mass is 32.2. The van der Waals surface area contributed by atoms with Gasteiger partial charge in [0.25, 0.3) is 5.91 Å². The number of anilines is 1. The Hall–Kier alpha value is -1.76. The Morgan fingerprint density at radius 3 is 2.36 bits per heavy atom. The van der Waals surface area contributed by atoms with Gasteiger partial charge in [0.1, 0.15) is 15.5 Å². The molecule has 0 radical (unpaired) electrons. The van der Waals surface area contributed by atoms with Gasteiger partial charge in [0, 0.05) is 30.3 Å². The van der Waals surface area contributed by atoms with E-state index in [0.29, 0.717) is 24.6 Å². The SMILES string of the molecule is O=C(Nc1ccc(OC(F)(F)F)cc1)c1sccc1S(=O)(=O)N1CCSCC1. The molecule has 12 heteroatoms. The number of nitrogens with one attached hydrogen (secondary N) is 1. The molecular weight excluding hydrogens is 437 g/mol. The summed E-state index contributed by atoms with van der Waals surface area (Å²) in [7, 11) is -3.79. The van der Waals surface area contributed by atoms with Crippen LogP contribution < -0.4 is 10.1 Å². The summed E-state index contributed by atoms with van der Waals surface area (Å²) in [5.74, 6) is 0.311. The Morgan fingerprint density at radius 2 is 1.75 bits per heavy atom. The number of nitrogens with zero attached hydrogens (tertiary/aromatic N) is 1. The lowest BCUT2D eigenvalue weighted by molar-refractivity contribution is -0.274. The van der Waals surface area contributed by atoms with Gasteiger partial charge < -0.3 is 10.1 Å². The second kappa shape index (κ2) is 8.31. The molecule has 1 saturated heterocycles. The lowest BCUT2D eigenvalue weighted by Gasteiger charge is -2.25. The van der Waals surface area contributed by atoms with Crippen LogP contribution in [0, 0.1) is 0 Å². The Bertz CT molecular complexity index is 937. The van der Waals surface area contributed by atoms with Crippen molar-refractivity contribution in [3.05, 3.63) is 40.6 Å². The van der Waals surface area contributed by atoms with E-state index in [1.54, 1.807) is 11.8 Å². The number of carbonyl (C=O) groups is 1. The maximum atomic E-state index is 12.8. The fourth-order valence-electron chi connectivity index (χ4n) is 2.52. The molecule has 1 aliphatic heterocycles. The summed E-state index contributed by atoms with van der Waals surface area (Å²) >= 11 is 2.65. The van der Waals surface area contributed by atoms with Crippen LogP contribution in [0.3, 0.4) is 0 Å². The number of alkyl halides is 3. The number of carbonyl (C=O) groups excluding carboxylic acids is 1. The van der Waals surface area contributed by atoms with Crippen LogP contribution in [-0.4, -0.2) is 49.6 Å². The van der Waals surface area contributed by atoms with E-state index in [1.807, 2.05) is 0 Å². The summed E-state index contributed by atoms with van der Waals surface area (Å²) in [5.41, 5.74) is 0.214. The normalized spacial score (nSPS) is 16.0. The largest absolute Gasteiger partial charge is 0.573 e. The van der Waals surface area contributed by atoms with Crippen LogP contribution in [0.25, 0.3) is 0 Å². The maximum absolute atomic E-state index is 12.8. The molecular formula is C16H15F3N2O4S3. The standard InChI is InChI=1S/C16H15F3N2O4S3/c17-16(18,19)25-12-3-1-11(2-4-12)20-15(22)14-13(5-8-27-14)28(23,24)21-6-9-26-10-7-21/h1-5,8H,6-7,9-10H2,(H,20,22). The summed E-state index contributed by atoms with van der Waals surface area (Å²) in [6.07, 6.45) is -4.81. The molecule has 1 amide bonds. The van der Waals surface area contributed by atoms with Gasteiger partial charge in [0.05, 0.1) is 0 Å². The van der Waals surface area contributed by atoms with Gasteiger partial charge in [-0.3, -0.25) is 4.79 Å². The lowest BCUT2D eigenvalue weighted by Crippen LogP contribution is -2.38. The van der Waals surface area contributed by atoms with E-state index < -0.39 is 28.0 Å². The molecule has 1 aliphatic rings. The number of thiophene rings is 1. The average Bonchev–Trinajstić information content (AvgIpc) is 3.14. The zero-order valence-electron chi connectivity index (χ0n) is 14.2. The molecule has 28 heavy (non-hydrogen) atoms. The highest BCUT2D eigenvalue weighted by molar-refractivity contribution is 7.99. The van der Waals surface area contributed by atoms with E-state index in [-0.39, 0.29) is 15.5 Å². The van der Waals surface area contributed by atoms with Gasteiger partial charge in [-0.15, -0.1) is 24.5 Å². The number of hydrogen-bond donors (Lipinski definition) is 1. The van der Waals surface area contributed by atoms with Crippen molar-refractivity contribution in [3.63, 3.8) is 0 Å². The fraction of sp³-hybridized carbons (Fsp3) is 0.312. The molecule has 0 saturated carbocycles. The number of sulfonamides is 1. The summed E-state index contributed by atoms with van der Waals surface area (Å²) in [5, 5.41) is 4.01. The van der Waals surface area contributed by atoms with E-state index in [4.69, 9.17) is 0 Å². The number of ether oxygens (including phenoxy) is 1. The highest BCUT2D eigenvalue weighted by Crippen LogP contribution is 2.29. The summed E-state index contributed by atoms with van der Waals surface area (Å²) in [6.45, 7) is 0.759. The number of thioether (sulfide) groups is 1. The number of halogens is 3. The van der Waals surface area contributed by atoms with Crippen molar-refractivity contribution >= 4 is 44.7 Å². The molecule has 0 atom stereocenters. The van der Waals surface area contributed by atoms with Crippen LogP contribution in [0.15, 0.2) is 40.6 Å². The van der Waals surface area contributed by atoms with Gasteiger partial charge in [0.2, 0.25) is 10.0 Å².